The van der Waals surface area contributed by atoms with Crippen LogP contribution in [0.3, 0.4) is 0 Å². The number of hydrogen-bond acceptors (Lipinski definition) is 4. The Morgan fingerprint density at radius 1 is 1.30 bits per heavy atom. The average molecular weight is 280 g/mol. The van der Waals surface area contributed by atoms with Gasteiger partial charge in [0, 0.05) is 12.6 Å². The molecule has 1 aromatic heterocycles. The second-order valence-electron chi connectivity index (χ2n) is 4.01. The number of aromatic carboxylic acids is 1. The number of aromatic nitrogens is 2. The lowest BCUT2D eigenvalue weighted by Gasteiger charge is -2.13. The van der Waals surface area contributed by atoms with Gasteiger partial charge >= 0.3 is 5.97 Å². The number of hydrogen-bond donors (Lipinski definition) is 1. The smallest absolute Gasteiger partial charge is 0.356 e. The molecule has 0 radical (unpaired) electrons. The Morgan fingerprint density at radius 2 is 1.95 bits per heavy atom. The van der Waals surface area contributed by atoms with Gasteiger partial charge in [-0.2, -0.15) is 5.10 Å². The van der Waals surface area contributed by atoms with Crippen molar-refractivity contribution in [3.8, 4) is 22.8 Å². The summed E-state index contributed by atoms with van der Waals surface area (Å²) in [5.41, 5.74) is 0.874. The number of aryl methyl sites for hydroxylation is 1. The summed E-state index contributed by atoms with van der Waals surface area (Å²) >= 11 is 0. The van der Waals surface area contributed by atoms with Crippen molar-refractivity contribution in [3.05, 3.63) is 29.7 Å². The van der Waals surface area contributed by atoms with Gasteiger partial charge < -0.3 is 14.6 Å². The fourth-order valence-corrected chi connectivity index (χ4v) is 1.96. The molecule has 0 atom stereocenters. The van der Waals surface area contributed by atoms with Gasteiger partial charge in [-0.15, -0.1) is 0 Å². The van der Waals surface area contributed by atoms with Crippen LogP contribution in [0.1, 0.15) is 10.5 Å². The molecule has 0 saturated carbocycles. The van der Waals surface area contributed by atoms with Crippen LogP contribution in [0.4, 0.5) is 4.39 Å². The summed E-state index contributed by atoms with van der Waals surface area (Å²) in [4.78, 5) is 10.9. The minimum atomic E-state index is -1.14. The molecule has 6 nitrogen and oxygen atoms in total. The number of rotatable bonds is 4. The highest BCUT2D eigenvalue weighted by atomic mass is 19.1. The molecule has 0 fully saturated rings. The maximum atomic E-state index is 13.6. The van der Waals surface area contributed by atoms with Crippen molar-refractivity contribution in [2.75, 3.05) is 14.2 Å². The zero-order valence-corrected chi connectivity index (χ0v) is 11.2. The third kappa shape index (κ3) is 2.18. The fraction of sp³-hybridized carbons (Fsp3) is 0.231. The summed E-state index contributed by atoms with van der Waals surface area (Å²) in [6.45, 7) is 0. The first-order chi connectivity index (χ1) is 9.49. The molecule has 1 aromatic carbocycles. The van der Waals surface area contributed by atoms with E-state index >= 15 is 0 Å². The maximum Gasteiger partial charge on any atom is 0.356 e. The third-order valence-corrected chi connectivity index (χ3v) is 2.85. The predicted octanol–water partition coefficient (Wildman–Crippen LogP) is 1.94. The standard InChI is InChI=1S/C13H13FN2O4/c1-16-10(6-9(15-16)13(17)18)7-4-5-8(14)12(20-3)11(7)19-2/h4-6H,1-3H3,(H,17,18). The number of benzene rings is 1. The lowest BCUT2D eigenvalue weighted by atomic mass is 10.1. The number of ether oxygens (including phenoxy) is 2. The number of halogens is 1. The van der Waals surface area contributed by atoms with Gasteiger partial charge in [-0.3, -0.25) is 4.68 Å². The van der Waals surface area contributed by atoms with Crippen LogP contribution >= 0.6 is 0 Å². The molecule has 1 heterocycles. The van der Waals surface area contributed by atoms with Gasteiger partial charge in [-0.05, 0) is 18.2 Å². The van der Waals surface area contributed by atoms with E-state index in [9.17, 15) is 9.18 Å². The average Bonchev–Trinajstić information content (AvgIpc) is 2.80. The summed E-state index contributed by atoms with van der Waals surface area (Å²) in [6.07, 6.45) is 0. The molecular formula is C13H13FN2O4. The zero-order chi connectivity index (χ0) is 14.9. The molecule has 0 spiro atoms. The molecule has 0 unspecified atom stereocenters. The fourth-order valence-electron chi connectivity index (χ4n) is 1.96. The van der Waals surface area contributed by atoms with Gasteiger partial charge in [0.15, 0.2) is 23.0 Å². The molecule has 0 aliphatic heterocycles. The van der Waals surface area contributed by atoms with Crippen molar-refractivity contribution in [3.63, 3.8) is 0 Å². The van der Waals surface area contributed by atoms with Gasteiger partial charge in [0.05, 0.1) is 19.9 Å². The molecule has 0 saturated heterocycles. The second-order valence-corrected chi connectivity index (χ2v) is 4.01. The minimum absolute atomic E-state index is 0.0388. The third-order valence-electron chi connectivity index (χ3n) is 2.85. The van der Waals surface area contributed by atoms with E-state index in [-0.39, 0.29) is 17.2 Å². The Hall–Kier alpha value is -2.57. The van der Waals surface area contributed by atoms with Crippen LogP contribution in [0.15, 0.2) is 18.2 Å². The highest BCUT2D eigenvalue weighted by molar-refractivity contribution is 5.87. The van der Waals surface area contributed by atoms with E-state index in [1.54, 1.807) is 7.05 Å². The van der Waals surface area contributed by atoms with Gasteiger partial charge in [0.1, 0.15) is 0 Å². The van der Waals surface area contributed by atoms with Crippen molar-refractivity contribution >= 4 is 5.97 Å². The number of carboxylic acids is 1. The van der Waals surface area contributed by atoms with E-state index in [0.717, 1.165) is 0 Å². The molecular weight excluding hydrogens is 267 g/mol. The highest BCUT2D eigenvalue weighted by Crippen LogP contribution is 2.39. The van der Waals surface area contributed by atoms with Crippen molar-refractivity contribution < 1.29 is 23.8 Å². The Kier molecular flexibility index (Phi) is 3.60. The van der Waals surface area contributed by atoms with Gasteiger partial charge in [0.25, 0.3) is 0 Å². The first-order valence-corrected chi connectivity index (χ1v) is 5.67. The number of nitrogens with zero attached hydrogens (tertiary/aromatic N) is 2. The van der Waals surface area contributed by atoms with Gasteiger partial charge in [-0.1, -0.05) is 0 Å². The van der Waals surface area contributed by atoms with E-state index in [1.165, 1.54) is 37.1 Å². The van der Waals surface area contributed by atoms with Crippen molar-refractivity contribution in [2.45, 2.75) is 0 Å². The molecule has 0 bridgehead atoms. The number of carboxylic acid groups (broad SMARTS) is 1. The molecule has 20 heavy (non-hydrogen) atoms. The Bertz CT molecular complexity index is 667. The lowest BCUT2D eigenvalue weighted by molar-refractivity contribution is 0.0689. The SMILES string of the molecule is COc1c(F)ccc(-c2cc(C(=O)O)nn2C)c1OC. The Labute approximate surface area is 114 Å². The molecule has 106 valence electrons. The summed E-state index contributed by atoms with van der Waals surface area (Å²) in [5, 5.41) is 12.8. The zero-order valence-electron chi connectivity index (χ0n) is 11.2. The molecule has 7 heteroatoms. The van der Waals surface area contributed by atoms with Gasteiger partial charge in [-0.25, -0.2) is 9.18 Å². The normalized spacial score (nSPS) is 10.4. The summed E-state index contributed by atoms with van der Waals surface area (Å²) in [5.74, 6) is -1.55. The maximum absolute atomic E-state index is 13.6. The molecule has 2 aromatic rings. The van der Waals surface area contributed by atoms with E-state index in [2.05, 4.69) is 5.10 Å². The molecule has 0 aliphatic carbocycles. The monoisotopic (exact) mass is 280 g/mol. The van der Waals surface area contributed by atoms with Crippen molar-refractivity contribution in [2.24, 2.45) is 7.05 Å². The minimum Gasteiger partial charge on any atom is -0.492 e. The van der Waals surface area contributed by atoms with Crippen LogP contribution in [-0.4, -0.2) is 35.1 Å². The highest BCUT2D eigenvalue weighted by Gasteiger charge is 2.20. The van der Waals surface area contributed by atoms with Crippen molar-refractivity contribution in [1.82, 2.24) is 9.78 Å². The topological polar surface area (TPSA) is 73.6 Å². The molecule has 2 rings (SSSR count). The molecule has 0 aliphatic rings. The molecule has 1 N–H and O–H groups in total. The number of methoxy groups -OCH3 is 2. The second kappa shape index (κ2) is 5.20. The van der Waals surface area contributed by atoms with E-state index in [1.807, 2.05) is 0 Å². The van der Waals surface area contributed by atoms with Crippen LogP contribution < -0.4 is 9.47 Å². The quantitative estimate of drug-likeness (QED) is 0.926. The van der Waals surface area contributed by atoms with E-state index < -0.39 is 11.8 Å². The summed E-state index contributed by atoms with van der Waals surface area (Å²) < 4.78 is 25.2. The number of carbonyl (C=O) groups is 1. The van der Waals surface area contributed by atoms with Crippen LogP contribution in [0.5, 0.6) is 11.5 Å². The van der Waals surface area contributed by atoms with Crippen molar-refractivity contribution in [1.29, 1.82) is 0 Å². The first-order valence-electron chi connectivity index (χ1n) is 5.67. The van der Waals surface area contributed by atoms with E-state index in [0.29, 0.717) is 11.3 Å². The molecule has 0 amide bonds. The lowest BCUT2D eigenvalue weighted by Crippen LogP contribution is -2.00. The first kappa shape index (κ1) is 13.9. The Balaban J connectivity index is 2.66. The summed E-state index contributed by atoms with van der Waals surface area (Å²) in [6, 6.07) is 4.10. The van der Waals surface area contributed by atoms with Gasteiger partial charge in [0.2, 0.25) is 0 Å². The van der Waals surface area contributed by atoms with Crippen LogP contribution in [-0.2, 0) is 7.05 Å². The predicted molar refractivity (Wildman–Crippen MR) is 68.7 cm³/mol. The largest absolute Gasteiger partial charge is 0.492 e. The van der Waals surface area contributed by atoms with Crippen LogP contribution in [0.25, 0.3) is 11.3 Å². The van der Waals surface area contributed by atoms with Crippen LogP contribution in [0, 0.1) is 5.82 Å². The van der Waals surface area contributed by atoms with E-state index in [4.69, 9.17) is 14.6 Å². The van der Waals surface area contributed by atoms with Crippen LogP contribution in [0.2, 0.25) is 0 Å². The Morgan fingerprint density at radius 3 is 2.45 bits per heavy atom. The summed E-state index contributed by atoms with van der Waals surface area (Å²) in [7, 11) is 4.31.